The molecule has 4 rings (SSSR count). The van der Waals surface area contributed by atoms with Crippen molar-refractivity contribution in [2.45, 2.75) is 39.5 Å². The summed E-state index contributed by atoms with van der Waals surface area (Å²) in [5, 5.41) is 0. The first-order valence-electron chi connectivity index (χ1n) is 10.4. The average Bonchev–Trinajstić information content (AvgIpc) is 2.72. The van der Waals surface area contributed by atoms with Gasteiger partial charge in [0.25, 0.3) is 0 Å². The Kier molecular flexibility index (Phi) is 5.19. The molecule has 2 atom stereocenters. The Bertz CT molecular complexity index is 1050. The number of ether oxygens (including phenoxy) is 1. The fourth-order valence-electron chi connectivity index (χ4n) is 4.84. The summed E-state index contributed by atoms with van der Waals surface area (Å²) in [4.78, 5) is 30.6. The van der Waals surface area contributed by atoms with Crippen LogP contribution in [0.5, 0.6) is 0 Å². The molecular weight excluding hydrogens is 374 g/mol. The Morgan fingerprint density at radius 1 is 0.967 bits per heavy atom. The number of carbonyl (C=O) groups excluding carboxylic acids is 2. The Morgan fingerprint density at radius 2 is 1.60 bits per heavy atom. The van der Waals surface area contributed by atoms with Gasteiger partial charge in [-0.1, -0.05) is 68.4 Å². The first-order chi connectivity index (χ1) is 14.3. The second-order valence-corrected chi connectivity index (χ2v) is 9.02. The molecule has 1 aliphatic heterocycles. The molecule has 0 saturated heterocycles. The number of allylic oxidation sites excluding steroid dienone is 1. The zero-order valence-corrected chi connectivity index (χ0v) is 17.9. The lowest BCUT2D eigenvalue weighted by Gasteiger charge is -2.41. The third kappa shape index (κ3) is 3.62. The van der Waals surface area contributed by atoms with Crippen LogP contribution < -0.4 is 0 Å². The van der Waals surface area contributed by atoms with Crippen LogP contribution in [0.15, 0.2) is 70.9 Å². The topological polar surface area (TPSA) is 55.7 Å². The Morgan fingerprint density at radius 3 is 2.23 bits per heavy atom. The maximum Gasteiger partial charge on any atom is 0.336 e. The Balaban J connectivity index is 1.80. The van der Waals surface area contributed by atoms with Gasteiger partial charge in [-0.15, -0.1) is 0 Å². The van der Waals surface area contributed by atoms with Gasteiger partial charge in [0.2, 0.25) is 0 Å². The van der Waals surface area contributed by atoms with Crippen molar-refractivity contribution < 1.29 is 14.3 Å². The van der Waals surface area contributed by atoms with E-state index < -0.39 is 11.9 Å². The number of hydrogen-bond donors (Lipinski definition) is 0. The number of methoxy groups -OCH3 is 1. The molecular formula is C26H27NO3. The fraction of sp³-hybridized carbons (Fsp3) is 0.346. The van der Waals surface area contributed by atoms with Crippen LogP contribution in [0, 0.1) is 11.3 Å². The van der Waals surface area contributed by atoms with Crippen molar-refractivity contribution in [1.82, 2.24) is 0 Å². The van der Waals surface area contributed by atoms with Crippen molar-refractivity contribution >= 4 is 17.5 Å². The first-order valence-corrected chi connectivity index (χ1v) is 10.4. The molecule has 0 amide bonds. The molecule has 4 nitrogen and oxygen atoms in total. The quantitative estimate of drug-likeness (QED) is 0.652. The maximum atomic E-state index is 13.2. The predicted molar refractivity (Wildman–Crippen MR) is 118 cm³/mol. The van der Waals surface area contributed by atoms with E-state index in [9.17, 15) is 9.59 Å². The summed E-state index contributed by atoms with van der Waals surface area (Å²) < 4.78 is 5.08. The second kappa shape index (κ2) is 7.67. The van der Waals surface area contributed by atoms with Crippen LogP contribution in [0.2, 0.25) is 0 Å². The van der Waals surface area contributed by atoms with Gasteiger partial charge < -0.3 is 4.74 Å². The van der Waals surface area contributed by atoms with E-state index in [1.807, 2.05) is 37.3 Å². The van der Waals surface area contributed by atoms with Crippen LogP contribution in [0.4, 0.5) is 0 Å². The van der Waals surface area contributed by atoms with E-state index in [1.165, 1.54) is 7.11 Å². The van der Waals surface area contributed by atoms with Crippen LogP contribution in [-0.2, 0) is 14.3 Å². The highest BCUT2D eigenvalue weighted by Gasteiger charge is 2.47. The summed E-state index contributed by atoms with van der Waals surface area (Å²) in [6, 6.07) is 18.3. The van der Waals surface area contributed by atoms with Gasteiger partial charge in [0.05, 0.1) is 18.6 Å². The maximum absolute atomic E-state index is 13.2. The van der Waals surface area contributed by atoms with Gasteiger partial charge in [0, 0.05) is 23.7 Å². The molecule has 0 N–H and O–H groups in total. The largest absolute Gasteiger partial charge is 0.466 e. The number of carbonyl (C=O) groups is 2. The zero-order chi connectivity index (χ0) is 21.5. The van der Waals surface area contributed by atoms with Crippen molar-refractivity contribution in [3.05, 3.63) is 71.4 Å². The smallest absolute Gasteiger partial charge is 0.336 e. The predicted octanol–water partition coefficient (Wildman–Crippen LogP) is 5.34. The van der Waals surface area contributed by atoms with Crippen molar-refractivity contribution in [2.75, 3.05) is 7.11 Å². The van der Waals surface area contributed by atoms with E-state index in [-0.39, 0.29) is 17.1 Å². The molecule has 1 fully saturated rings. The molecule has 1 heterocycles. The summed E-state index contributed by atoms with van der Waals surface area (Å²) >= 11 is 0. The average molecular weight is 402 g/mol. The summed E-state index contributed by atoms with van der Waals surface area (Å²) in [7, 11) is 1.38. The molecule has 154 valence electrons. The molecule has 0 bridgehead atoms. The van der Waals surface area contributed by atoms with E-state index in [2.05, 4.69) is 38.1 Å². The molecule has 1 aliphatic carbocycles. The van der Waals surface area contributed by atoms with Crippen molar-refractivity contribution in [3.8, 4) is 11.1 Å². The van der Waals surface area contributed by atoms with E-state index in [0.29, 0.717) is 17.7 Å². The van der Waals surface area contributed by atoms with Crippen LogP contribution in [0.3, 0.4) is 0 Å². The molecule has 0 aromatic heterocycles. The van der Waals surface area contributed by atoms with E-state index in [0.717, 1.165) is 28.8 Å². The minimum Gasteiger partial charge on any atom is -0.466 e. The number of ketones is 1. The summed E-state index contributed by atoms with van der Waals surface area (Å²) in [6.45, 7) is 6.04. The second-order valence-electron chi connectivity index (χ2n) is 9.02. The monoisotopic (exact) mass is 401 g/mol. The SMILES string of the molecule is COC(=O)C1=C(C)N=C2CC(C)(C)CC(=O)C2C1c1ccc(-c2ccccc2)cc1. The van der Waals surface area contributed by atoms with E-state index in [4.69, 9.17) is 9.73 Å². The van der Waals surface area contributed by atoms with Crippen molar-refractivity contribution in [2.24, 2.45) is 16.3 Å². The summed E-state index contributed by atoms with van der Waals surface area (Å²) in [6.07, 6.45) is 1.25. The highest BCUT2D eigenvalue weighted by molar-refractivity contribution is 6.12. The fourth-order valence-corrected chi connectivity index (χ4v) is 4.84. The third-order valence-corrected chi connectivity index (χ3v) is 6.15. The van der Waals surface area contributed by atoms with Gasteiger partial charge in [0.15, 0.2) is 0 Å². The highest BCUT2D eigenvalue weighted by Crippen LogP contribution is 2.47. The summed E-state index contributed by atoms with van der Waals surface area (Å²) in [5.74, 6) is -1.03. The van der Waals surface area contributed by atoms with Crippen molar-refractivity contribution in [1.29, 1.82) is 0 Å². The third-order valence-electron chi connectivity index (χ3n) is 6.15. The molecule has 4 heteroatoms. The minimum atomic E-state index is -0.412. The normalized spacial score (nSPS) is 22.9. The minimum absolute atomic E-state index is 0.114. The first kappa shape index (κ1) is 20.3. The number of hydrogen-bond acceptors (Lipinski definition) is 4. The molecule has 2 aromatic rings. The van der Waals surface area contributed by atoms with Gasteiger partial charge in [-0.2, -0.15) is 0 Å². The van der Waals surface area contributed by atoms with Gasteiger partial charge in [0.1, 0.15) is 5.78 Å². The van der Waals surface area contributed by atoms with E-state index in [1.54, 1.807) is 0 Å². The Hall–Kier alpha value is -3.01. The van der Waals surface area contributed by atoms with Crippen LogP contribution in [0.1, 0.15) is 45.1 Å². The lowest BCUT2D eigenvalue weighted by molar-refractivity contribution is -0.136. The molecule has 2 aromatic carbocycles. The molecule has 2 unspecified atom stereocenters. The number of Topliss-reactive ketones (excluding diaryl/α,β-unsaturated/α-hetero) is 1. The van der Waals surface area contributed by atoms with E-state index >= 15 is 0 Å². The zero-order valence-electron chi connectivity index (χ0n) is 17.9. The lowest BCUT2D eigenvalue weighted by atomic mass is 9.63. The van der Waals surface area contributed by atoms with Gasteiger partial charge in [-0.25, -0.2) is 4.79 Å². The highest BCUT2D eigenvalue weighted by atomic mass is 16.5. The summed E-state index contributed by atoms with van der Waals surface area (Å²) in [5.41, 5.74) is 5.09. The number of esters is 1. The Labute approximate surface area is 177 Å². The van der Waals surface area contributed by atoms with Gasteiger partial charge >= 0.3 is 5.97 Å². The van der Waals surface area contributed by atoms with Crippen molar-refractivity contribution in [3.63, 3.8) is 0 Å². The van der Waals surface area contributed by atoms with Crippen LogP contribution in [0.25, 0.3) is 11.1 Å². The number of nitrogens with zero attached hydrogens (tertiary/aromatic N) is 1. The molecule has 30 heavy (non-hydrogen) atoms. The number of fused-ring (bicyclic) bond motifs is 1. The number of benzene rings is 2. The molecule has 2 aliphatic rings. The van der Waals surface area contributed by atoms with Crippen LogP contribution >= 0.6 is 0 Å². The molecule has 1 saturated carbocycles. The standard InChI is InChI=1S/C26H27NO3/c1-16-22(25(29)30-4)23(24-20(27-16)14-26(2,3)15-21(24)28)19-12-10-18(11-13-19)17-8-6-5-7-9-17/h5-13,23-24H,14-15H2,1-4H3. The van der Waals surface area contributed by atoms with Gasteiger partial charge in [-0.05, 0) is 35.4 Å². The number of rotatable bonds is 3. The lowest BCUT2D eigenvalue weighted by Crippen LogP contribution is -2.44. The molecule has 0 spiro atoms. The van der Waals surface area contributed by atoms with Gasteiger partial charge in [-0.3, -0.25) is 9.79 Å². The number of aliphatic imine (C=N–C) groups is 1. The van der Waals surface area contributed by atoms with Crippen LogP contribution in [-0.4, -0.2) is 24.6 Å². The molecule has 0 radical (unpaired) electrons.